The van der Waals surface area contributed by atoms with E-state index in [0.717, 1.165) is 54.0 Å². The predicted octanol–water partition coefficient (Wildman–Crippen LogP) is 3.84. The monoisotopic (exact) mass is 398 g/mol. The van der Waals surface area contributed by atoms with Crippen LogP contribution in [0.5, 0.6) is 0 Å². The van der Waals surface area contributed by atoms with Crippen molar-refractivity contribution in [3.8, 4) is 0 Å². The molecule has 0 radical (unpaired) electrons. The van der Waals surface area contributed by atoms with Crippen LogP contribution in [0, 0.1) is 5.92 Å². The van der Waals surface area contributed by atoms with Crippen molar-refractivity contribution in [1.29, 1.82) is 0 Å². The van der Waals surface area contributed by atoms with Crippen LogP contribution in [-0.4, -0.2) is 47.0 Å². The Kier molecular flexibility index (Phi) is 4.36. The summed E-state index contributed by atoms with van der Waals surface area (Å²) in [5, 5.41) is 3.23. The van der Waals surface area contributed by atoms with Gasteiger partial charge in [-0.25, -0.2) is 9.97 Å². The number of amides is 1. The molecule has 2 aliphatic rings. The topological polar surface area (TPSA) is 49.3 Å². The Balaban J connectivity index is 1.40. The van der Waals surface area contributed by atoms with Gasteiger partial charge < -0.3 is 9.80 Å². The molecule has 140 valence electrons. The molecule has 3 aromatic heterocycles. The van der Waals surface area contributed by atoms with Crippen molar-refractivity contribution in [2.24, 2.45) is 5.92 Å². The smallest absolute Gasteiger partial charge is 0.264 e. The Morgan fingerprint density at radius 3 is 2.85 bits per heavy atom. The van der Waals surface area contributed by atoms with E-state index in [1.807, 2.05) is 33.7 Å². The van der Waals surface area contributed by atoms with Crippen LogP contribution in [0.4, 0.5) is 5.82 Å². The van der Waals surface area contributed by atoms with Gasteiger partial charge in [-0.15, -0.1) is 22.7 Å². The quantitative estimate of drug-likeness (QED) is 0.658. The Labute approximate surface area is 166 Å². The van der Waals surface area contributed by atoms with Gasteiger partial charge in [0.15, 0.2) is 0 Å². The molecule has 27 heavy (non-hydrogen) atoms. The van der Waals surface area contributed by atoms with E-state index in [-0.39, 0.29) is 5.91 Å². The summed E-state index contributed by atoms with van der Waals surface area (Å²) in [6.07, 6.45) is 5.25. The maximum absolute atomic E-state index is 12.6. The fraction of sp³-hybridized carbons (Fsp3) is 0.450. The van der Waals surface area contributed by atoms with Gasteiger partial charge in [0.1, 0.15) is 17.0 Å². The van der Waals surface area contributed by atoms with Crippen LogP contribution in [0.1, 0.15) is 33.5 Å². The molecule has 1 fully saturated rings. The van der Waals surface area contributed by atoms with E-state index < -0.39 is 0 Å². The first kappa shape index (κ1) is 17.1. The van der Waals surface area contributed by atoms with Crippen molar-refractivity contribution in [2.45, 2.75) is 26.2 Å². The van der Waals surface area contributed by atoms with Crippen LogP contribution in [0.2, 0.25) is 0 Å². The van der Waals surface area contributed by atoms with Crippen LogP contribution in [0.25, 0.3) is 10.2 Å². The zero-order chi connectivity index (χ0) is 18.4. The third kappa shape index (κ3) is 3.02. The lowest BCUT2D eigenvalue weighted by Crippen LogP contribution is -2.49. The molecule has 0 saturated carbocycles. The van der Waals surface area contributed by atoms with Gasteiger partial charge in [-0.3, -0.25) is 4.79 Å². The van der Waals surface area contributed by atoms with Gasteiger partial charge in [-0.2, -0.15) is 0 Å². The van der Waals surface area contributed by atoms with E-state index in [9.17, 15) is 4.79 Å². The number of anilines is 1. The summed E-state index contributed by atoms with van der Waals surface area (Å²) in [7, 11) is 0. The molecule has 0 spiro atoms. The Morgan fingerprint density at radius 1 is 1.22 bits per heavy atom. The number of thiophene rings is 2. The van der Waals surface area contributed by atoms with Crippen LogP contribution in [-0.2, 0) is 12.8 Å². The first-order valence-electron chi connectivity index (χ1n) is 9.53. The fourth-order valence-electron chi connectivity index (χ4n) is 4.18. The maximum atomic E-state index is 12.6. The molecule has 7 heteroatoms. The normalized spacial score (nSPS) is 20.1. The van der Waals surface area contributed by atoms with Gasteiger partial charge in [-0.05, 0) is 42.2 Å². The molecule has 1 aliphatic heterocycles. The highest BCUT2D eigenvalue weighted by atomic mass is 32.1. The Morgan fingerprint density at radius 2 is 2.07 bits per heavy atom. The van der Waals surface area contributed by atoms with Gasteiger partial charge in [0, 0.05) is 31.1 Å². The lowest BCUT2D eigenvalue weighted by molar-refractivity contribution is 0.0751. The number of aryl methyl sites for hydroxylation is 1. The van der Waals surface area contributed by atoms with E-state index in [1.165, 1.54) is 40.0 Å². The number of rotatable bonds is 2. The largest absolute Gasteiger partial charge is 0.352 e. The van der Waals surface area contributed by atoms with Gasteiger partial charge in [-0.1, -0.05) is 13.0 Å². The van der Waals surface area contributed by atoms with Crippen LogP contribution in [0.3, 0.4) is 0 Å². The van der Waals surface area contributed by atoms with Crippen molar-refractivity contribution in [2.75, 3.05) is 31.1 Å². The fourth-order valence-corrected chi connectivity index (χ4v) is 6.21. The number of hydrogen-bond donors (Lipinski definition) is 0. The van der Waals surface area contributed by atoms with Crippen LogP contribution in [0.15, 0.2) is 23.8 Å². The number of carbonyl (C=O) groups is 1. The first-order valence-corrected chi connectivity index (χ1v) is 11.2. The Bertz CT molecular complexity index is 973. The third-order valence-electron chi connectivity index (χ3n) is 5.67. The number of piperazine rings is 1. The van der Waals surface area contributed by atoms with Crippen LogP contribution < -0.4 is 4.90 Å². The highest BCUT2D eigenvalue weighted by Gasteiger charge is 2.28. The number of nitrogens with zero attached hydrogens (tertiary/aromatic N) is 4. The van der Waals surface area contributed by atoms with E-state index in [4.69, 9.17) is 0 Å². The highest BCUT2D eigenvalue weighted by Crippen LogP contribution is 2.40. The number of carbonyl (C=O) groups excluding carboxylic acids is 1. The summed E-state index contributed by atoms with van der Waals surface area (Å²) < 4.78 is 0. The van der Waals surface area contributed by atoms with E-state index in [2.05, 4.69) is 21.8 Å². The third-order valence-corrected chi connectivity index (χ3v) is 7.69. The molecule has 1 saturated heterocycles. The molecule has 0 bridgehead atoms. The number of aromatic nitrogens is 2. The van der Waals surface area contributed by atoms with Gasteiger partial charge in [0.25, 0.3) is 5.91 Å². The maximum Gasteiger partial charge on any atom is 0.264 e. The standard InChI is InChI=1S/C20H22N4OS2/c1-13-4-5-14-16(11-13)27-19-17(14)18(21-12-22-19)23-6-8-24(9-7-23)20(25)15-3-2-10-26-15/h2-3,10,12-13H,4-9,11H2,1H3/t13-/m0/s1. The van der Waals surface area contributed by atoms with Crippen LogP contribution >= 0.6 is 22.7 Å². The summed E-state index contributed by atoms with van der Waals surface area (Å²) in [5.41, 5.74) is 1.47. The second-order valence-corrected chi connectivity index (χ2v) is 9.52. The molecule has 1 atom stereocenters. The first-order chi connectivity index (χ1) is 13.2. The Hall–Kier alpha value is -1.99. The van der Waals surface area contributed by atoms with E-state index in [0.29, 0.717) is 0 Å². The van der Waals surface area contributed by atoms with E-state index in [1.54, 1.807) is 6.33 Å². The molecule has 4 heterocycles. The molecule has 1 amide bonds. The van der Waals surface area contributed by atoms with Gasteiger partial charge >= 0.3 is 0 Å². The van der Waals surface area contributed by atoms with Crippen molar-refractivity contribution in [1.82, 2.24) is 14.9 Å². The molecule has 0 unspecified atom stereocenters. The minimum atomic E-state index is 0.152. The van der Waals surface area contributed by atoms with Gasteiger partial charge in [0.2, 0.25) is 0 Å². The van der Waals surface area contributed by atoms with E-state index >= 15 is 0 Å². The SMILES string of the molecule is C[C@H]1CCc2c(sc3ncnc(N4CCN(C(=O)c5cccs5)CC4)c23)C1. The molecular formula is C20H22N4OS2. The van der Waals surface area contributed by atoms with Gasteiger partial charge in [0.05, 0.1) is 10.3 Å². The average molecular weight is 399 g/mol. The zero-order valence-corrected chi connectivity index (χ0v) is 17.0. The lowest BCUT2D eigenvalue weighted by atomic mass is 9.89. The summed E-state index contributed by atoms with van der Waals surface area (Å²) in [4.78, 5) is 29.6. The predicted molar refractivity (Wildman–Crippen MR) is 111 cm³/mol. The minimum absolute atomic E-state index is 0.152. The lowest BCUT2D eigenvalue weighted by Gasteiger charge is -2.35. The number of hydrogen-bond acceptors (Lipinski definition) is 6. The summed E-state index contributed by atoms with van der Waals surface area (Å²) >= 11 is 3.36. The molecule has 5 rings (SSSR count). The second-order valence-electron chi connectivity index (χ2n) is 7.49. The highest BCUT2D eigenvalue weighted by molar-refractivity contribution is 7.19. The average Bonchev–Trinajstić information content (AvgIpc) is 3.34. The summed E-state index contributed by atoms with van der Waals surface area (Å²) in [5.74, 6) is 1.98. The molecule has 5 nitrogen and oxygen atoms in total. The van der Waals surface area contributed by atoms with Crippen molar-refractivity contribution >= 4 is 44.6 Å². The molecule has 3 aromatic rings. The molecular weight excluding hydrogens is 376 g/mol. The molecule has 0 aromatic carbocycles. The van der Waals surface area contributed by atoms with Crippen molar-refractivity contribution in [3.63, 3.8) is 0 Å². The molecule has 1 aliphatic carbocycles. The van der Waals surface area contributed by atoms with Crippen molar-refractivity contribution in [3.05, 3.63) is 39.2 Å². The second kappa shape index (κ2) is 6.87. The zero-order valence-electron chi connectivity index (χ0n) is 15.4. The summed E-state index contributed by atoms with van der Waals surface area (Å²) in [6, 6.07) is 3.85. The number of fused-ring (bicyclic) bond motifs is 3. The molecule has 0 N–H and O–H groups in total. The van der Waals surface area contributed by atoms with Crippen molar-refractivity contribution < 1.29 is 4.79 Å². The minimum Gasteiger partial charge on any atom is -0.352 e. The summed E-state index contributed by atoms with van der Waals surface area (Å²) in [6.45, 7) is 5.47.